The second-order valence-corrected chi connectivity index (χ2v) is 6.00. The standard InChI is InChI=1S/C14H15BrFNO3/c15-10-7-9(3-4-11(10)16)13(20)17-14(8-12(18)19)5-1-2-6-14/h3-4,7H,1-2,5-6,8H2,(H,17,20)(H,18,19). The van der Waals surface area contributed by atoms with Crippen LogP contribution in [0, 0.1) is 5.82 Å². The zero-order valence-electron chi connectivity index (χ0n) is 10.8. The summed E-state index contributed by atoms with van der Waals surface area (Å²) in [5.41, 5.74) is -0.362. The largest absolute Gasteiger partial charge is 0.481 e. The van der Waals surface area contributed by atoms with Crippen LogP contribution in [0.25, 0.3) is 0 Å². The topological polar surface area (TPSA) is 66.4 Å². The van der Waals surface area contributed by atoms with E-state index in [1.807, 2.05) is 0 Å². The maximum absolute atomic E-state index is 13.2. The monoisotopic (exact) mass is 343 g/mol. The van der Waals surface area contributed by atoms with Gasteiger partial charge in [-0.15, -0.1) is 0 Å². The summed E-state index contributed by atoms with van der Waals surface area (Å²) in [6.45, 7) is 0. The van der Waals surface area contributed by atoms with Crippen LogP contribution in [0.2, 0.25) is 0 Å². The van der Waals surface area contributed by atoms with Crippen LogP contribution in [0.15, 0.2) is 22.7 Å². The van der Waals surface area contributed by atoms with Crippen LogP contribution in [0.3, 0.4) is 0 Å². The van der Waals surface area contributed by atoms with Crippen LogP contribution >= 0.6 is 15.9 Å². The quantitative estimate of drug-likeness (QED) is 0.882. The number of carbonyl (C=O) groups excluding carboxylic acids is 1. The number of carbonyl (C=O) groups is 2. The number of aliphatic carboxylic acids is 1. The van der Waals surface area contributed by atoms with Crippen molar-refractivity contribution in [3.8, 4) is 0 Å². The average Bonchev–Trinajstić information content (AvgIpc) is 2.79. The minimum Gasteiger partial charge on any atom is -0.481 e. The van der Waals surface area contributed by atoms with Crippen LogP contribution in [0.5, 0.6) is 0 Å². The van der Waals surface area contributed by atoms with E-state index in [4.69, 9.17) is 5.11 Å². The van der Waals surface area contributed by atoms with Crippen molar-refractivity contribution in [1.29, 1.82) is 0 Å². The van der Waals surface area contributed by atoms with Crippen molar-refractivity contribution in [3.05, 3.63) is 34.1 Å². The van der Waals surface area contributed by atoms with E-state index >= 15 is 0 Å². The first-order valence-corrected chi connectivity index (χ1v) is 7.21. The van der Waals surface area contributed by atoms with Crippen LogP contribution < -0.4 is 5.32 Å². The maximum atomic E-state index is 13.2. The molecule has 1 amide bonds. The Morgan fingerprint density at radius 2 is 2.00 bits per heavy atom. The molecule has 1 aromatic rings. The fraction of sp³-hybridized carbons (Fsp3) is 0.429. The van der Waals surface area contributed by atoms with E-state index in [0.29, 0.717) is 18.4 Å². The predicted molar refractivity (Wildman–Crippen MR) is 75.0 cm³/mol. The molecule has 4 nitrogen and oxygen atoms in total. The summed E-state index contributed by atoms with van der Waals surface area (Å²) in [5.74, 6) is -1.73. The summed E-state index contributed by atoms with van der Waals surface area (Å²) in [7, 11) is 0. The molecule has 1 aliphatic rings. The molecular weight excluding hydrogens is 329 g/mol. The molecule has 0 aliphatic heterocycles. The molecular formula is C14H15BrFNO3. The molecule has 0 aromatic heterocycles. The third-order valence-corrected chi connectivity index (χ3v) is 4.22. The number of nitrogens with one attached hydrogen (secondary N) is 1. The lowest BCUT2D eigenvalue weighted by Gasteiger charge is -2.28. The molecule has 0 spiro atoms. The van der Waals surface area contributed by atoms with E-state index in [1.54, 1.807) is 0 Å². The lowest BCUT2D eigenvalue weighted by molar-refractivity contribution is -0.138. The highest BCUT2D eigenvalue weighted by Crippen LogP contribution is 2.33. The summed E-state index contributed by atoms with van der Waals surface area (Å²) in [5, 5.41) is 11.8. The number of hydrogen-bond donors (Lipinski definition) is 2. The summed E-state index contributed by atoms with van der Waals surface area (Å²) in [6.07, 6.45) is 3.04. The van der Waals surface area contributed by atoms with E-state index in [-0.39, 0.29) is 16.8 Å². The van der Waals surface area contributed by atoms with Crippen molar-refractivity contribution >= 4 is 27.8 Å². The summed E-state index contributed by atoms with van der Waals surface area (Å²) in [4.78, 5) is 23.2. The lowest BCUT2D eigenvalue weighted by atomic mass is 9.92. The minimum absolute atomic E-state index is 0.0822. The first-order valence-electron chi connectivity index (χ1n) is 6.41. The molecule has 1 fully saturated rings. The normalized spacial score (nSPS) is 16.9. The van der Waals surface area contributed by atoms with Crippen molar-refractivity contribution in [1.82, 2.24) is 5.32 Å². The van der Waals surface area contributed by atoms with Crippen molar-refractivity contribution in [2.45, 2.75) is 37.6 Å². The van der Waals surface area contributed by atoms with Gasteiger partial charge in [0.2, 0.25) is 0 Å². The van der Waals surface area contributed by atoms with Crippen molar-refractivity contribution in [2.24, 2.45) is 0 Å². The Balaban J connectivity index is 2.16. The summed E-state index contributed by atoms with van der Waals surface area (Å²) in [6, 6.07) is 3.99. The lowest BCUT2D eigenvalue weighted by Crippen LogP contribution is -2.47. The second-order valence-electron chi connectivity index (χ2n) is 5.14. The predicted octanol–water partition coefficient (Wildman–Crippen LogP) is 3.11. The Morgan fingerprint density at radius 3 is 2.55 bits per heavy atom. The number of amides is 1. The molecule has 0 radical (unpaired) electrons. The highest BCUT2D eigenvalue weighted by molar-refractivity contribution is 9.10. The van der Waals surface area contributed by atoms with Crippen LogP contribution in [0.4, 0.5) is 4.39 Å². The Bertz CT molecular complexity index is 541. The molecule has 0 heterocycles. The van der Waals surface area contributed by atoms with Crippen molar-refractivity contribution < 1.29 is 19.1 Å². The SMILES string of the molecule is O=C(O)CC1(NC(=O)c2ccc(F)c(Br)c2)CCCC1. The molecule has 2 rings (SSSR count). The first kappa shape index (κ1) is 15.0. The van der Waals surface area contributed by atoms with Crippen LogP contribution in [-0.4, -0.2) is 22.5 Å². The van der Waals surface area contributed by atoms with Crippen LogP contribution in [0.1, 0.15) is 42.5 Å². The fourth-order valence-corrected chi connectivity index (χ4v) is 3.02. The average molecular weight is 344 g/mol. The number of rotatable bonds is 4. The Hall–Kier alpha value is -1.43. The molecule has 0 bridgehead atoms. The highest BCUT2D eigenvalue weighted by Gasteiger charge is 2.37. The number of benzene rings is 1. The van der Waals surface area contributed by atoms with Gasteiger partial charge in [-0.3, -0.25) is 9.59 Å². The van der Waals surface area contributed by atoms with Gasteiger partial charge in [0, 0.05) is 5.56 Å². The van der Waals surface area contributed by atoms with E-state index < -0.39 is 17.3 Å². The Labute approximate surface area is 124 Å². The zero-order chi connectivity index (χ0) is 14.8. The zero-order valence-corrected chi connectivity index (χ0v) is 12.4. The molecule has 0 unspecified atom stereocenters. The number of hydrogen-bond acceptors (Lipinski definition) is 2. The Morgan fingerprint density at radius 1 is 1.35 bits per heavy atom. The van der Waals surface area contributed by atoms with Gasteiger partial charge < -0.3 is 10.4 Å². The van der Waals surface area contributed by atoms with Gasteiger partial charge in [0.05, 0.1) is 16.4 Å². The van der Waals surface area contributed by atoms with E-state index in [9.17, 15) is 14.0 Å². The van der Waals surface area contributed by atoms with E-state index in [1.165, 1.54) is 18.2 Å². The third-order valence-electron chi connectivity index (χ3n) is 3.61. The van der Waals surface area contributed by atoms with Gasteiger partial charge in [0.1, 0.15) is 5.82 Å². The van der Waals surface area contributed by atoms with Crippen molar-refractivity contribution in [2.75, 3.05) is 0 Å². The molecule has 108 valence electrons. The molecule has 1 saturated carbocycles. The number of carboxylic acids is 1. The highest BCUT2D eigenvalue weighted by atomic mass is 79.9. The molecule has 1 aromatic carbocycles. The molecule has 2 N–H and O–H groups in total. The van der Waals surface area contributed by atoms with Gasteiger partial charge in [-0.1, -0.05) is 12.8 Å². The van der Waals surface area contributed by atoms with E-state index in [0.717, 1.165) is 12.8 Å². The maximum Gasteiger partial charge on any atom is 0.305 e. The Kier molecular flexibility index (Phi) is 4.42. The van der Waals surface area contributed by atoms with Crippen molar-refractivity contribution in [3.63, 3.8) is 0 Å². The van der Waals surface area contributed by atoms with Gasteiger partial charge in [-0.05, 0) is 47.0 Å². The molecule has 20 heavy (non-hydrogen) atoms. The molecule has 1 aliphatic carbocycles. The van der Waals surface area contributed by atoms with Gasteiger partial charge in [0.25, 0.3) is 5.91 Å². The smallest absolute Gasteiger partial charge is 0.305 e. The van der Waals surface area contributed by atoms with Gasteiger partial charge in [-0.2, -0.15) is 0 Å². The fourth-order valence-electron chi connectivity index (χ4n) is 2.64. The number of halogens is 2. The van der Waals surface area contributed by atoms with E-state index in [2.05, 4.69) is 21.2 Å². The third kappa shape index (κ3) is 3.36. The van der Waals surface area contributed by atoms with Gasteiger partial charge in [0.15, 0.2) is 0 Å². The molecule has 6 heteroatoms. The van der Waals surface area contributed by atoms with Crippen LogP contribution in [-0.2, 0) is 4.79 Å². The van der Waals surface area contributed by atoms with Gasteiger partial charge in [-0.25, -0.2) is 4.39 Å². The minimum atomic E-state index is -0.924. The molecule has 0 saturated heterocycles. The van der Waals surface area contributed by atoms with Gasteiger partial charge >= 0.3 is 5.97 Å². The summed E-state index contributed by atoms with van der Waals surface area (Å²) < 4.78 is 13.4. The molecule has 0 atom stereocenters. The second kappa shape index (κ2) is 5.91. The number of carboxylic acid groups (broad SMARTS) is 1. The summed E-state index contributed by atoms with van der Waals surface area (Å²) >= 11 is 3.03. The first-order chi connectivity index (χ1) is 9.42.